The summed E-state index contributed by atoms with van der Waals surface area (Å²) in [5, 5.41) is 9.95. The SMILES string of the molecule is CC1CCC(OC2CCC(C(C)(C)C)CC2)CC1O. The summed E-state index contributed by atoms with van der Waals surface area (Å²) >= 11 is 0. The molecule has 1 N–H and O–H groups in total. The van der Waals surface area contributed by atoms with Crippen molar-refractivity contribution in [2.75, 3.05) is 0 Å². The molecule has 0 amide bonds. The predicted molar refractivity (Wildman–Crippen MR) is 79.1 cm³/mol. The molecule has 0 aromatic heterocycles. The standard InChI is InChI=1S/C17H32O2/c1-12-5-8-15(11-16(12)18)19-14-9-6-13(7-10-14)17(2,3)4/h12-16,18H,5-11H2,1-4H3. The van der Waals surface area contributed by atoms with Gasteiger partial charge >= 0.3 is 0 Å². The Kier molecular flexibility index (Phi) is 4.94. The van der Waals surface area contributed by atoms with Gasteiger partial charge in [0, 0.05) is 0 Å². The van der Waals surface area contributed by atoms with E-state index < -0.39 is 0 Å². The molecule has 0 saturated heterocycles. The van der Waals surface area contributed by atoms with Crippen LogP contribution in [0.25, 0.3) is 0 Å². The number of ether oxygens (including phenoxy) is 1. The third-order valence-electron chi connectivity index (χ3n) is 5.39. The average molecular weight is 268 g/mol. The summed E-state index contributed by atoms with van der Waals surface area (Å²) in [5.41, 5.74) is 0.446. The Bertz CT molecular complexity index is 273. The molecule has 2 saturated carbocycles. The first-order chi connectivity index (χ1) is 8.86. The van der Waals surface area contributed by atoms with Gasteiger partial charge in [-0.1, -0.05) is 27.7 Å². The molecule has 2 aliphatic rings. The number of aliphatic hydroxyl groups excluding tert-OH is 1. The zero-order valence-corrected chi connectivity index (χ0v) is 13.2. The van der Waals surface area contributed by atoms with Crippen LogP contribution in [-0.4, -0.2) is 23.4 Å². The lowest BCUT2D eigenvalue weighted by molar-refractivity contribution is -0.0873. The Balaban J connectivity index is 1.74. The van der Waals surface area contributed by atoms with Gasteiger partial charge in [0.2, 0.25) is 0 Å². The third-order valence-corrected chi connectivity index (χ3v) is 5.39. The summed E-state index contributed by atoms with van der Waals surface area (Å²) in [7, 11) is 0. The Morgan fingerprint density at radius 2 is 1.47 bits per heavy atom. The van der Waals surface area contributed by atoms with Crippen LogP contribution < -0.4 is 0 Å². The van der Waals surface area contributed by atoms with Crippen LogP contribution in [-0.2, 0) is 4.74 Å². The first-order valence-electron chi connectivity index (χ1n) is 8.19. The molecule has 0 spiro atoms. The second-order valence-electron chi connectivity index (χ2n) is 7.96. The van der Waals surface area contributed by atoms with Crippen LogP contribution >= 0.6 is 0 Å². The topological polar surface area (TPSA) is 29.5 Å². The number of hydrogen-bond donors (Lipinski definition) is 1. The molecular weight excluding hydrogens is 236 g/mol. The van der Waals surface area contributed by atoms with Gasteiger partial charge in [0.1, 0.15) is 0 Å². The fourth-order valence-corrected chi connectivity index (χ4v) is 3.72. The second kappa shape index (κ2) is 6.13. The van der Waals surface area contributed by atoms with Gasteiger partial charge in [-0.2, -0.15) is 0 Å². The number of rotatable bonds is 2. The van der Waals surface area contributed by atoms with Crippen LogP contribution in [0.2, 0.25) is 0 Å². The molecule has 3 unspecified atom stereocenters. The fourth-order valence-electron chi connectivity index (χ4n) is 3.72. The van der Waals surface area contributed by atoms with Gasteiger partial charge in [0.15, 0.2) is 0 Å². The van der Waals surface area contributed by atoms with Gasteiger partial charge in [-0.15, -0.1) is 0 Å². The van der Waals surface area contributed by atoms with Crippen molar-refractivity contribution in [3.8, 4) is 0 Å². The van der Waals surface area contributed by atoms with E-state index in [9.17, 15) is 5.11 Å². The largest absolute Gasteiger partial charge is 0.393 e. The van der Waals surface area contributed by atoms with Crippen molar-refractivity contribution < 1.29 is 9.84 Å². The summed E-state index contributed by atoms with van der Waals surface area (Å²) in [6.07, 6.45) is 8.74. The van der Waals surface area contributed by atoms with Crippen molar-refractivity contribution in [3.63, 3.8) is 0 Å². The van der Waals surface area contributed by atoms with Crippen LogP contribution in [0.1, 0.15) is 72.6 Å². The molecule has 0 heterocycles. The molecule has 0 aromatic carbocycles. The summed E-state index contributed by atoms with van der Waals surface area (Å²) in [5.74, 6) is 1.31. The molecule has 2 nitrogen and oxygen atoms in total. The van der Waals surface area contributed by atoms with Crippen molar-refractivity contribution in [3.05, 3.63) is 0 Å². The summed E-state index contributed by atoms with van der Waals surface area (Å²) in [4.78, 5) is 0. The van der Waals surface area contributed by atoms with Gasteiger partial charge in [0.25, 0.3) is 0 Å². The molecule has 19 heavy (non-hydrogen) atoms. The van der Waals surface area contributed by atoms with Crippen LogP contribution in [0, 0.1) is 17.3 Å². The van der Waals surface area contributed by atoms with Crippen molar-refractivity contribution in [2.24, 2.45) is 17.3 Å². The van der Waals surface area contributed by atoms with Crippen LogP contribution in [0.5, 0.6) is 0 Å². The molecule has 2 rings (SSSR count). The smallest absolute Gasteiger partial charge is 0.0603 e. The molecule has 2 aliphatic carbocycles. The van der Waals surface area contributed by atoms with E-state index in [0.717, 1.165) is 25.2 Å². The van der Waals surface area contributed by atoms with Crippen molar-refractivity contribution in [2.45, 2.75) is 91.0 Å². The molecule has 0 bridgehead atoms. The lowest BCUT2D eigenvalue weighted by Gasteiger charge is -2.39. The number of hydrogen-bond acceptors (Lipinski definition) is 2. The monoisotopic (exact) mass is 268 g/mol. The fraction of sp³-hybridized carbons (Fsp3) is 1.00. The van der Waals surface area contributed by atoms with E-state index in [1.165, 1.54) is 25.7 Å². The van der Waals surface area contributed by atoms with E-state index in [1.54, 1.807) is 0 Å². The minimum absolute atomic E-state index is 0.148. The first-order valence-corrected chi connectivity index (χ1v) is 8.19. The van der Waals surface area contributed by atoms with Crippen molar-refractivity contribution in [1.29, 1.82) is 0 Å². The van der Waals surface area contributed by atoms with Crippen LogP contribution in [0.3, 0.4) is 0 Å². The molecule has 2 heteroatoms. The maximum absolute atomic E-state index is 9.95. The second-order valence-corrected chi connectivity index (χ2v) is 7.96. The lowest BCUT2D eigenvalue weighted by atomic mass is 9.72. The molecule has 3 atom stereocenters. The lowest BCUT2D eigenvalue weighted by Crippen LogP contribution is -2.36. The van der Waals surface area contributed by atoms with Gasteiger partial charge in [0.05, 0.1) is 18.3 Å². The van der Waals surface area contributed by atoms with Gasteiger partial charge < -0.3 is 9.84 Å². The molecule has 0 aliphatic heterocycles. The average Bonchev–Trinajstić information content (AvgIpc) is 2.33. The van der Waals surface area contributed by atoms with E-state index in [0.29, 0.717) is 23.5 Å². The molecular formula is C17H32O2. The van der Waals surface area contributed by atoms with Crippen molar-refractivity contribution >= 4 is 0 Å². The third kappa shape index (κ3) is 4.19. The zero-order chi connectivity index (χ0) is 14.0. The van der Waals surface area contributed by atoms with E-state index in [-0.39, 0.29) is 6.10 Å². The van der Waals surface area contributed by atoms with E-state index in [4.69, 9.17) is 4.74 Å². The van der Waals surface area contributed by atoms with Crippen LogP contribution in [0.15, 0.2) is 0 Å². The highest BCUT2D eigenvalue weighted by Gasteiger charge is 2.33. The zero-order valence-electron chi connectivity index (χ0n) is 13.2. The van der Waals surface area contributed by atoms with Crippen molar-refractivity contribution in [1.82, 2.24) is 0 Å². The highest BCUT2D eigenvalue weighted by molar-refractivity contribution is 4.83. The van der Waals surface area contributed by atoms with E-state index >= 15 is 0 Å². The molecule has 2 fully saturated rings. The minimum Gasteiger partial charge on any atom is -0.393 e. The van der Waals surface area contributed by atoms with E-state index in [2.05, 4.69) is 27.7 Å². The summed E-state index contributed by atoms with van der Waals surface area (Å²) in [6.45, 7) is 9.22. The highest BCUT2D eigenvalue weighted by atomic mass is 16.5. The first kappa shape index (κ1) is 15.3. The number of aliphatic hydroxyl groups is 1. The van der Waals surface area contributed by atoms with E-state index in [1.807, 2.05) is 0 Å². The Morgan fingerprint density at radius 3 is 2.00 bits per heavy atom. The predicted octanol–water partition coefficient (Wildman–Crippen LogP) is 4.16. The Labute approximate surface area is 118 Å². The maximum Gasteiger partial charge on any atom is 0.0603 e. The highest BCUT2D eigenvalue weighted by Crippen LogP contribution is 2.39. The van der Waals surface area contributed by atoms with Gasteiger partial charge in [-0.05, 0) is 62.2 Å². The summed E-state index contributed by atoms with van der Waals surface area (Å²) < 4.78 is 6.25. The minimum atomic E-state index is -0.148. The molecule has 112 valence electrons. The Morgan fingerprint density at radius 1 is 0.895 bits per heavy atom. The molecule has 0 aromatic rings. The normalized spacial score (nSPS) is 41.2. The van der Waals surface area contributed by atoms with Gasteiger partial charge in [-0.3, -0.25) is 0 Å². The Hall–Kier alpha value is -0.0800. The van der Waals surface area contributed by atoms with Gasteiger partial charge in [-0.25, -0.2) is 0 Å². The quantitative estimate of drug-likeness (QED) is 0.815. The van der Waals surface area contributed by atoms with Crippen LogP contribution in [0.4, 0.5) is 0 Å². The molecule has 0 radical (unpaired) electrons. The summed E-state index contributed by atoms with van der Waals surface area (Å²) in [6, 6.07) is 0. The maximum atomic E-state index is 9.95.